The largest absolute Gasteiger partial charge is 0.353 e. The maximum atomic E-state index is 6.17. The molecule has 5 atom stereocenters. The molecule has 1 saturated heterocycles. The fraction of sp³-hybridized carbons (Fsp3) is 1.00. The number of fused-ring (bicyclic) bond motifs is 3. The third-order valence-electron chi connectivity index (χ3n) is 6.44. The summed E-state index contributed by atoms with van der Waals surface area (Å²) in [4.78, 5) is 0. The van der Waals surface area contributed by atoms with Crippen LogP contribution in [-0.2, 0) is 9.47 Å². The lowest BCUT2D eigenvalue weighted by Gasteiger charge is -2.57. The molecule has 3 fully saturated rings. The van der Waals surface area contributed by atoms with Gasteiger partial charge in [0.15, 0.2) is 6.29 Å². The Hall–Kier alpha value is -0.0800. The Kier molecular flexibility index (Phi) is 3.46. The van der Waals surface area contributed by atoms with E-state index in [-0.39, 0.29) is 6.29 Å². The average molecular weight is 266 g/mol. The summed E-state index contributed by atoms with van der Waals surface area (Å²) in [6.45, 7) is 10.4. The molecule has 2 heteroatoms. The molecule has 0 bridgehead atoms. The first-order valence-corrected chi connectivity index (χ1v) is 8.24. The highest BCUT2D eigenvalue weighted by Gasteiger charge is 2.57. The fourth-order valence-corrected chi connectivity index (χ4v) is 5.62. The van der Waals surface area contributed by atoms with Crippen molar-refractivity contribution < 1.29 is 9.47 Å². The summed E-state index contributed by atoms with van der Waals surface area (Å²) in [5.41, 5.74) is 0.998. The van der Waals surface area contributed by atoms with E-state index in [4.69, 9.17) is 9.47 Å². The molecule has 110 valence electrons. The van der Waals surface area contributed by atoms with Crippen molar-refractivity contribution in [3.8, 4) is 0 Å². The first-order chi connectivity index (χ1) is 8.97. The molecule has 1 aliphatic heterocycles. The van der Waals surface area contributed by atoms with E-state index in [9.17, 15) is 0 Å². The maximum Gasteiger partial charge on any atom is 0.158 e. The van der Waals surface area contributed by atoms with Gasteiger partial charge in [0.05, 0.1) is 6.10 Å². The summed E-state index contributed by atoms with van der Waals surface area (Å²) in [6, 6.07) is 0. The van der Waals surface area contributed by atoms with Gasteiger partial charge in [0.2, 0.25) is 0 Å². The van der Waals surface area contributed by atoms with Crippen molar-refractivity contribution in [2.24, 2.45) is 22.7 Å². The highest BCUT2D eigenvalue weighted by Crippen LogP contribution is 2.62. The van der Waals surface area contributed by atoms with Crippen molar-refractivity contribution in [3.63, 3.8) is 0 Å². The molecule has 0 radical (unpaired) electrons. The topological polar surface area (TPSA) is 18.5 Å². The quantitative estimate of drug-likeness (QED) is 0.738. The Morgan fingerprint density at radius 3 is 2.68 bits per heavy atom. The van der Waals surface area contributed by atoms with Crippen molar-refractivity contribution in [1.82, 2.24) is 0 Å². The average Bonchev–Trinajstić information content (AvgIpc) is 2.72. The minimum atomic E-state index is 0.0700. The molecule has 4 unspecified atom stereocenters. The van der Waals surface area contributed by atoms with Gasteiger partial charge in [-0.3, -0.25) is 0 Å². The van der Waals surface area contributed by atoms with Gasteiger partial charge in [-0.25, -0.2) is 0 Å². The van der Waals surface area contributed by atoms with Crippen LogP contribution in [0.15, 0.2) is 0 Å². The lowest BCUT2D eigenvalue weighted by atomic mass is 9.48. The molecule has 0 aromatic carbocycles. The second-order valence-corrected chi connectivity index (χ2v) is 7.88. The lowest BCUT2D eigenvalue weighted by Crippen LogP contribution is -2.51. The van der Waals surface area contributed by atoms with Crippen LogP contribution < -0.4 is 0 Å². The van der Waals surface area contributed by atoms with E-state index in [1.165, 1.54) is 32.1 Å². The Labute approximate surface area is 118 Å². The van der Waals surface area contributed by atoms with E-state index in [1.54, 1.807) is 0 Å². The van der Waals surface area contributed by atoms with E-state index in [0.29, 0.717) is 16.9 Å². The van der Waals surface area contributed by atoms with Crippen LogP contribution in [0.4, 0.5) is 0 Å². The highest BCUT2D eigenvalue weighted by molar-refractivity contribution is 5.05. The molecular formula is C17H30O2. The molecule has 2 saturated carbocycles. The number of ether oxygens (including phenoxy) is 2. The van der Waals surface area contributed by atoms with Gasteiger partial charge in [-0.05, 0) is 55.3 Å². The normalized spacial score (nSPS) is 48.6. The molecular weight excluding hydrogens is 236 g/mol. The zero-order chi connectivity index (χ0) is 13.7. The van der Waals surface area contributed by atoms with Crippen LogP contribution in [0.25, 0.3) is 0 Å². The summed E-state index contributed by atoms with van der Waals surface area (Å²) in [5, 5.41) is 0. The van der Waals surface area contributed by atoms with Gasteiger partial charge in [-0.15, -0.1) is 0 Å². The van der Waals surface area contributed by atoms with Crippen LogP contribution in [0.1, 0.15) is 66.2 Å². The molecule has 3 aliphatic rings. The Morgan fingerprint density at radius 1 is 1.16 bits per heavy atom. The van der Waals surface area contributed by atoms with Crippen LogP contribution in [-0.4, -0.2) is 19.0 Å². The summed E-state index contributed by atoms with van der Waals surface area (Å²) in [5.74, 6) is 1.60. The molecule has 2 aliphatic carbocycles. The predicted molar refractivity (Wildman–Crippen MR) is 76.9 cm³/mol. The SMILES string of the molecule is CCOC1CC2C(CCC3C(C)(C)CCC[C@@]23C)O1. The summed E-state index contributed by atoms with van der Waals surface area (Å²) >= 11 is 0. The highest BCUT2D eigenvalue weighted by atomic mass is 16.7. The van der Waals surface area contributed by atoms with E-state index in [2.05, 4.69) is 27.7 Å². The lowest BCUT2D eigenvalue weighted by molar-refractivity contribution is -0.150. The molecule has 0 N–H and O–H groups in total. The van der Waals surface area contributed by atoms with E-state index < -0.39 is 0 Å². The van der Waals surface area contributed by atoms with Crippen LogP contribution in [0.2, 0.25) is 0 Å². The molecule has 0 aromatic heterocycles. The van der Waals surface area contributed by atoms with E-state index >= 15 is 0 Å². The smallest absolute Gasteiger partial charge is 0.158 e. The zero-order valence-corrected chi connectivity index (χ0v) is 13.1. The van der Waals surface area contributed by atoms with Gasteiger partial charge in [0.25, 0.3) is 0 Å². The fourth-order valence-electron chi connectivity index (χ4n) is 5.62. The summed E-state index contributed by atoms with van der Waals surface area (Å²) in [6.07, 6.45) is 8.45. The van der Waals surface area contributed by atoms with Gasteiger partial charge >= 0.3 is 0 Å². The van der Waals surface area contributed by atoms with Crippen molar-refractivity contribution in [2.45, 2.75) is 78.6 Å². The van der Waals surface area contributed by atoms with Crippen LogP contribution in [0.3, 0.4) is 0 Å². The van der Waals surface area contributed by atoms with Gasteiger partial charge in [0.1, 0.15) is 0 Å². The monoisotopic (exact) mass is 266 g/mol. The van der Waals surface area contributed by atoms with Crippen molar-refractivity contribution >= 4 is 0 Å². The van der Waals surface area contributed by atoms with Gasteiger partial charge in [-0.2, -0.15) is 0 Å². The Balaban J connectivity index is 1.82. The maximum absolute atomic E-state index is 6.17. The number of hydrogen-bond donors (Lipinski definition) is 0. The molecule has 0 amide bonds. The van der Waals surface area contributed by atoms with Crippen LogP contribution in [0.5, 0.6) is 0 Å². The second kappa shape index (κ2) is 4.73. The zero-order valence-electron chi connectivity index (χ0n) is 13.1. The first-order valence-electron chi connectivity index (χ1n) is 8.24. The van der Waals surface area contributed by atoms with Crippen LogP contribution in [0, 0.1) is 22.7 Å². The van der Waals surface area contributed by atoms with Crippen molar-refractivity contribution in [1.29, 1.82) is 0 Å². The third kappa shape index (κ3) is 2.15. The number of rotatable bonds is 2. The Morgan fingerprint density at radius 2 is 1.95 bits per heavy atom. The van der Waals surface area contributed by atoms with E-state index in [1.807, 2.05) is 0 Å². The standard InChI is InChI=1S/C17H30O2/c1-5-18-15-11-12-13(19-15)7-8-14-16(2,3)9-6-10-17(12,14)4/h12-15H,5-11H2,1-4H3/t12?,13?,14?,15?,17-/m0/s1. The molecule has 19 heavy (non-hydrogen) atoms. The molecule has 0 aromatic rings. The van der Waals surface area contributed by atoms with Gasteiger partial charge in [0, 0.05) is 13.0 Å². The third-order valence-corrected chi connectivity index (χ3v) is 6.44. The van der Waals surface area contributed by atoms with Gasteiger partial charge in [-0.1, -0.05) is 27.2 Å². The molecule has 3 rings (SSSR count). The molecule has 2 nitrogen and oxygen atoms in total. The summed E-state index contributed by atoms with van der Waals surface area (Å²) in [7, 11) is 0. The Bertz CT molecular complexity index is 338. The minimum Gasteiger partial charge on any atom is -0.353 e. The van der Waals surface area contributed by atoms with Crippen LogP contribution >= 0.6 is 0 Å². The van der Waals surface area contributed by atoms with Crippen molar-refractivity contribution in [3.05, 3.63) is 0 Å². The predicted octanol–water partition coefficient (Wildman–Crippen LogP) is 4.38. The minimum absolute atomic E-state index is 0.0700. The molecule has 0 spiro atoms. The summed E-state index contributed by atoms with van der Waals surface area (Å²) < 4.78 is 11.9. The van der Waals surface area contributed by atoms with Gasteiger partial charge < -0.3 is 9.47 Å². The number of hydrogen-bond acceptors (Lipinski definition) is 2. The second-order valence-electron chi connectivity index (χ2n) is 7.88. The first kappa shape index (κ1) is 13.9. The molecule has 1 heterocycles. The van der Waals surface area contributed by atoms with E-state index in [0.717, 1.165) is 24.9 Å². The van der Waals surface area contributed by atoms with Crippen molar-refractivity contribution in [2.75, 3.05) is 6.61 Å².